The lowest BCUT2D eigenvalue weighted by atomic mass is 10.3. The summed E-state index contributed by atoms with van der Waals surface area (Å²) in [6, 6.07) is 3.84. The molecule has 0 saturated carbocycles. The first-order valence-corrected chi connectivity index (χ1v) is 6.51. The van der Waals surface area contributed by atoms with E-state index in [0.29, 0.717) is 11.4 Å². The van der Waals surface area contributed by atoms with Crippen LogP contribution in [0.15, 0.2) is 30.5 Å². The number of aryl methyl sites for hydroxylation is 2. The maximum absolute atomic E-state index is 12.2. The average Bonchev–Trinajstić information content (AvgIpc) is 2.77. The summed E-state index contributed by atoms with van der Waals surface area (Å²) in [5, 5.41) is 2.72. The Kier molecular flexibility index (Phi) is 4.37. The molecule has 0 radical (unpaired) electrons. The van der Waals surface area contributed by atoms with Gasteiger partial charge in [-0.1, -0.05) is 6.08 Å². The standard InChI is InChI=1S/C15H17N3O3/c1-10-6-8-18-12(9-10)17-11(2)14(18)15(20)16-7-4-5-13(19)21-3/h4-6,8-9H,7H2,1-3H3,(H,16,20)/b5-4+. The molecule has 21 heavy (non-hydrogen) atoms. The minimum atomic E-state index is -0.453. The lowest BCUT2D eigenvalue weighted by Crippen LogP contribution is -2.25. The van der Waals surface area contributed by atoms with Gasteiger partial charge in [-0.25, -0.2) is 9.78 Å². The molecule has 1 amide bonds. The number of rotatable bonds is 4. The van der Waals surface area contributed by atoms with Crippen LogP contribution in [0.1, 0.15) is 21.7 Å². The summed E-state index contributed by atoms with van der Waals surface area (Å²) in [5.41, 5.74) is 2.98. The highest BCUT2D eigenvalue weighted by Gasteiger charge is 2.15. The van der Waals surface area contributed by atoms with Gasteiger partial charge in [-0.05, 0) is 31.5 Å². The van der Waals surface area contributed by atoms with Gasteiger partial charge < -0.3 is 10.1 Å². The van der Waals surface area contributed by atoms with Crippen LogP contribution in [0, 0.1) is 13.8 Å². The van der Waals surface area contributed by atoms with Gasteiger partial charge in [-0.2, -0.15) is 0 Å². The van der Waals surface area contributed by atoms with Crippen molar-refractivity contribution in [1.29, 1.82) is 0 Å². The first-order chi connectivity index (χ1) is 10.0. The van der Waals surface area contributed by atoms with E-state index >= 15 is 0 Å². The number of amides is 1. The van der Waals surface area contributed by atoms with Crippen LogP contribution in [0.2, 0.25) is 0 Å². The number of carbonyl (C=O) groups is 2. The number of pyridine rings is 1. The highest BCUT2D eigenvalue weighted by molar-refractivity contribution is 5.94. The summed E-state index contributed by atoms with van der Waals surface area (Å²) in [5.74, 6) is -0.691. The Bertz CT molecular complexity index is 716. The number of hydrogen-bond donors (Lipinski definition) is 1. The van der Waals surface area contributed by atoms with Crippen molar-refractivity contribution >= 4 is 17.5 Å². The largest absolute Gasteiger partial charge is 0.466 e. The first-order valence-electron chi connectivity index (χ1n) is 6.51. The zero-order valence-corrected chi connectivity index (χ0v) is 12.2. The van der Waals surface area contributed by atoms with Gasteiger partial charge in [0, 0.05) is 18.8 Å². The number of methoxy groups -OCH3 is 1. The number of carbonyl (C=O) groups excluding carboxylic acids is 2. The van der Waals surface area contributed by atoms with Crippen LogP contribution in [-0.2, 0) is 9.53 Å². The smallest absolute Gasteiger partial charge is 0.330 e. The molecule has 0 unspecified atom stereocenters. The molecule has 0 aromatic carbocycles. The molecule has 2 rings (SSSR count). The zero-order valence-electron chi connectivity index (χ0n) is 12.2. The van der Waals surface area contributed by atoms with Crippen LogP contribution in [0.5, 0.6) is 0 Å². The summed E-state index contributed by atoms with van der Waals surface area (Å²) in [4.78, 5) is 27.5. The summed E-state index contributed by atoms with van der Waals surface area (Å²) in [6.45, 7) is 4.01. The number of esters is 1. The predicted molar refractivity (Wildman–Crippen MR) is 78.2 cm³/mol. The average molecular weight is 287 g/mol. The van der Waals surface area contributed by atoms with Crippen LogP contribution in [0.4, 0.5) is 0 Å². The van der Waals surface area contributed by atoms with E-state index in [2.05, 4.69) is 15.0 Å². The minimum Gasteiger partial charge on any atom is -0.466 e. The molecule has 1 N–H and O–H groups in total. The summed E-state index contributed by atoms with van der Waals surface area (Å²) >= 11 is 0. The third kappa shape index (κ3) is 3.28. The van der Waals surface area contributed by atoms with E-state index < -0.39 is 5.97 Å². The number of nitrogens with one attached hydrogen (secondary N) is 1. The van der Waals surface area contributed by atoms with Gasteiger partial charge in [0.15, 0.2) is 0 Å². The molecule has 0 spiro atoms. The Hall–Kier alpha value is -2.63. The Labute approximate surface area is 122 Å². The second-order valence-electron chi connectivity index (χ2n) is 4.61. The number of aromatic nitrogens is 2. The SMILES string of the molecule is COC(=O)/C=C/CNC(=O)c1c(C)nc2cc(C)ccn12. The fourth-order valence-corrected chi connectivity index (χ4v) is 2.00. The van der Waals surface area contributed by atoms with Gasteiger partial charge in [0.2, 0.25) is 0 Å². The van der Waals surface area contributed by atoms with E-state index in [1.807, 2.05) is 25.3 Å². The quantitative estimate of drug-likeness (QED) is 0.681. The van der Waals surface area contributed by atoms with Crippen molar-refractivity contribution in [2.24, 2.45) is 0 Å². The van der Waals surface area contributed by atoms with Gasteiger partial charge in [0.1, 0.15) is 11.3 Å². The molecule has 6 heteroatoms. The molecule has 2 heterocycles. The van der Waals surface area contributed by atoms with Crippen molar-refractivity contribution in [3.63, 3.8) is 0 Å². The number of ether oxygens (including phenoxy) is 1. The van der Waals surface area contributed by atoms with E-state index in [0.717, 1.165) is 11.2 Å². The number of fused-ring (bicyclic) bond motifs is 1. The monoisotopic (exact) mass is 287 g/mol. The van der Waals surface area contributed by atoms with Crippen molar-refractivity contribution in [2.45, 2.75) is 13.8 Å². The molecular weight excluding hydrogens is 270 g/mol. The van der Waals surface area contributed by atoms with Gasteiger partial charge in [0.25, 0.3) is 5.91 Å². The van der Waals surface area contributed by atoms with Crippen molar-refractivity contribution in [2.75, 3.05) is 13.7 Å². The maximum atomic E-state index is 12.2. The van der Waals surface area contributed by atoms with E-state index in [1.54, 1.807) is 11.3 Å². The van der Waals surface area contributed by atoms with Gasteiger partial charge in [0.05, 0.1) is 12.8 Å². The molecule has 6 nitrogen and oxygen atoms in total. The Morgan fingerprint density at radius 2 is 2.19 bits per heavy atom. The fourth-order valence-electron chi connectivity index (χ4n) is 2.00. The molecule has 110 valence electrons. The maximum Gasteiger partial charge on any atom is 0.330 e. The molecule has 0 aliphatic rings. The Morgan fingerprint density at radius 3 is 2.90 bits per heavy atom. The first kappa shape index (κ1) is 14.8. The number of hydrogen-bond acceptors (Lipinski definition) is 4. The molecule has 2 aromatic rings. The Balaban J connectivity index is 2.14. The lowest BCUT2D eigenvalue weighted by molar-refractivity contribution is -0.134. The van der Waals surface area contributed by atoms with E-state index in [-0.39, 0.29) is 12.5 Å². The predicted octanol–water partition coefficient (Wildman–Crippen LogP) is 1.41. The fraction of sp³-hybridized carbons (Fsp3) is 0.267. The third-order valence-corrected chi connectivity index (χ3v) is 3.01. The molecule has 0 bridgehead atoms. The second-order valence-corrected chi connectivity index (χ2v) is 4.61. The number of imidazole rings is 1. The second kappa shape index (κ2) is 6.21. The molecule has 2 aromatic heterocycles. The van der Waals surface area contributed by atoms with Crippen molar-refractivity contribution in [1.82, 2.24) is 14.7 Å². The van der Waals surface area contributed by atoms with Gasteiger partial charge in [-0.15, -0.1) is 0 Å². The van der Waals surface area contributed by atoms with Crippen LogP contribution in [0.3, 0.4) is 0 Å². The molecule has 0 aliphatic carbocycles. The highest BCUT2D eigenvalue weighted by Crippen LogP contribution is 2.13. The summed E-state index contributed by atoms with van der Waals surface area (Å²) < 4.78 is 6.22. The molecule has 0 aliphatic heterocycles. The zero-order chi connectivity index (χ0) is 15.4. The van der Waals surface area contributed by atoms with Crippen molar-refractivity contribution in [3.8, 4) is 0 Å². The van der Waals surface area contributed by atoms with Gasteiger partial charge in [-0.3, -0.25) is 9.20 Å². The summed E-state index contributed by atoms with van der Waals surface area (Å²) in [6.07, 6.45) is 4.63. The minimum absolute atomic E-state index is 0.238. The van der Waals surface area contributed by atoms with E-state index in [1.165, 1.54) is 19.3 Å². The van der Waals surface area contributed by atoms with Gasteiger partial charge >= 0.3 is 5.97 Å². The number of nitrogens with zero attached hydrogens (tertiary/aromatic N) is 2. The van der Waals surface area contributed by atoms with Crippen LogP contribution in [0.25, 0.3) is 5.65 Å². The third-order valence-electron chi connectivity index (χ3n) is 3.01. The van der Waals surface area contributed by atoms with Crippen LogP contribution >= 0.6 is 0 Å². The van der Waals surface area contributed by atoms with Crippen molar-refractivity contribution in [3.05, 3.63) is 47.4 Å². The summed E-state index contributed by atoms with van der Waals surface area (Å²) in [7, 11) is 1.30. The van der Waals surface area contributed by atoms with Crippen LogP contribution in [-0.4, -0.2) is 34.9 Å². The normalized spacial score (nSPS) is 11.0. The lowest BCUT2D eigenvalue weighted by Gasteiger charge is -2.04. The van der Waals surface area contributed by atoms with E-state index in [4.69, 9.17) is 0 Å². The topological polar surface area (TPSA) is 72.7 Å². The van der Waals surface area contributed by atoms with Crippen molar-refractivity contribution < 1.29 is 14.3 Å². The molecule has 0 atom stereocenters. The molecule has 0 fully saturated rings. The molecular formula is C15H17N3O3. The highest BCUT2D eigenvalue weighted by atomic mass is 16.5. The Morgan fingerprint density at radius 1 is 1.43 bits per heavy atom. The van der Waals surface area contributed by atoms with Crippen LogP contribution < -0.4 is 5.32 Å². The molecule has 0 saturated heterocycles. The van der Waals surface area contributed by atoms with E-state index in [9.17, 15) is 9.59 Å².